The summed E-state index contributed by atoms with van der Waals surface area (Å²) < 4.78 is 1.03. The number of carboxylic acids is 1. The minimum Gasteiger partial charge on any atom is -0.481 e. The number of carboxylic acid groups (broad SMARTS) is 1. The van der Waals surface area contributed by atoms with Crippen molar-refractivity contribution in [2.75, 3.05) is 18.4 Å². The van der Waals surface area contributed by atoms with E-state index < -0.39 is 11.4 Å². The summed E-state index contributed by atoms with van der Waals surface area (Å²) in [5, 5.41) is 13.2. The number of benzene rings is 1. The zero-order valence-electron chi connectivity index (χ0n) is 14.9. The number of hydrogen-bond donors (Lipinski definition) is 2. The second kappa shape index (κ2) is 5.98. The molecule has 7 heteroatoms. The number of carbonyl (C=O) groups is 2. The van der Waals surface area contributed by atoms with Crippen molar-refractivity contribution >= 4 is 39.2 Å². The number of hydrogen-bond acceptors (Lipinski definition) is 4. The summed E-state index contributed by atoms with van der Waals surface area (Å²) in [5.74, 6) is -0.858. The molecule has 2 heterocycles. The summed E-state index contributed by atoms with van der Waals surface area (Å²) in [6, 6.07) is 5.40. The molecule has 0 saturated carbocycles. The van der Waals surface area contributed by atoms with Crippen LogP contribution in [0.1, 0.15) is 39.1 Å². The zero-order valence-corrected chi connectivity index (χ0v) is 15.7. The molecule has 1 unspecified atom stereocenters. The highest BCUT2D eigenvalue weighted by molar-refractivity contribution is 7.18. The Morgan fingerprint density at radius 3 is 2.68 bits per heavy atom. The highest BCUT2D eigenvalue weighted by Gasteiger charge is 2.42. The van der Waals surface area contributed by atoms with Crippen LogP contribution in [0.4, 0.5) is 10.5 Å². The predicted octanol–water partition coefficient (Wildman–Crippen LogP) is 3.92. The SMILES string of the molecule is CC1(C(=O)O)CCN(C(=O)Nc2ccc3nc(C(C)(C)C)sc3c2)C1. The van der Waals surface area contributed by atoms with Crippen molar-refractivity contribution in [2.45, 2.75) is 39.5 Å². The van der Waals surface area contributed by atoms with Gasteiger partial charge in [0.25, 0.3) is 0 Å². The highest BCUT2D eigenvalue weighted by atomic mass is 32.1. The molecule has 0 bridgehead atoms. The largest absolute Gasteiger partial charge is 0.481 e. The average Bonchev–Trinajstić information content (AvgIpc) is 3.11. The zero-order chi connectivity index (χ0) is 18.4. The van der Waals surface area contributed by atoms with Crippen molar-refractivity contribution in [1.82, 2.24) is 9.88 Å². The first-order valence-corrected chi connectivity index (χ1v) is 9.11. The van der Waals surface area contributed by atoms with E-state index in [1.807, 2.05) is 18.2 Å². The summed E-state index contributed by atoms with van der Waals surface area (Å²) in [7, 11) is 0. The molecule has 6 nitrogen and oxygen atoms in total. The van der Waals surface area contributed by atoms with Crippen molar-refractivity contribution < 1.29 is 14.7 Å². The number of carbonyl (C=O) groups excluding carboxylic acids is 1. The van der Waals surface area contributed by atoms with Crippen LogP contribution in [0, 0.1) is 5.41 Å². The van der Waals surface area contributed by atoms with Crippen molar-refractivity contribution in [3.8, 4) is 0 Å². The molecule has 0 spiro atoms. The molecule has 2 N–H and O–H groups in total. The summed E-state index contributed by atoms with van der Waals surface area (Å²) in [6.45, 7) is 8.73. The Morgan fingerprint density at radius 1 is 1.36 bits per heavy atom. The smallest absolute Gasteiger partial charge is 0.321 e. The molecule has 1 aliphatic rings. The average molecular weight is 361 g/mol. The lowest BCUT2D eigenvalue weighted by Crippen LogP contribution is -2.37. The maximum atomic E-state index is 12.4. The number of amides is 2. The number of nitrogens with one attached hydrogen (secondary N) is 1. The molecular formula is C18H23N3O3S. The molecule has 1 aliphatic heterocycles. The standard InChI is InChI=1S/C18H23N3O3S/c1-17(2,3)14-20-12-6-5-11(9-13(12)25-14)19-16(24)21-8-7-18(4,10-21)15(22)23/h5-6,9H,7-8,10H2,1-4H3,(H,19,24)(H,22,23). The van der Waals surface area contributed by atoms with Crippen LogP contribution in [0.15, 0.2) is 18.2 Å². The number of rotatable bonds is 2. The number of thiazole rings is 1. The van der Waals surface area contributed by atoms with Gasteiger partial charge in [-0.05, 0) is 31.5 Å². The normalized spacial score (nSPS) is 20.9. The van der Waals surface area contributed by atoms with E-state index in [1.165, 1.54) is 0 Å². The van der Waals surface area contributed by atoms with Gasteiger partial charge in [0.1, 0.15) is 0 Å². The minimum absolute atomic E-state index is 0.00998. The van der Waals surface area contributed by atoms with Crippen molar-refractivity contribution in [3.63, 3.8) is 0 Å². The second-order valence-electron chi connectivity index (χ2n) is 7.92. The molecule has 25 heavy (non-hydrogen) atoms. The molecule has 1 fully saturated rings. The van der Waals surface area contributed by atoms with Gasteiger partial charge in [0.15, 0.2) is 0 Å². The number of aliphatic carboxylic acids is 1. The summed E-state index contributed by atoms with van der Waals surface area (Å²) in [6.07, 6.45) is 0.471. The van der Waals surface area contributed by atoms with Gasteiger partial charge in [0.05, 0.1) is 20.6 Å². The predicted molar refractivity (Wildman–Crippen MR) is 99.3 cm³/mol. The van der Waals surface area contributed by atoms with Gasteiger partial charge in [-0.25, -0.2) is 9.78 Å². The maximum Gasteiger partial charge on any atom is 0.321 e. The first kappa shape index (κ1) is 17.7. The Morgan fingerprint density at radius 2 is 2.08 bits per heavy atom. The molecule has 2 amide bonds. The molecule has 0 aliphatic carbocycles. The van der Waals surface area contributed by atoms with Crippen molar-refractivity contribution in [3.05, 3.63) is 23.2 Å². The van der Waals surface area contributed by atoms with E-state index in [0.29, 0.717) is 18.7 Å². The van der Waals surface area contributed by atoms with Gasteiger partial charge in [0, 0.05) is 24.2 Å². The molecule has 0 radical (unpaired) electrons. The van der Waals surface area contributed by atoms with Crippen LogP contribution < -0.4 is 5.32 Å². The number of likely N-dealkylation sites (tertiary alicyclic amines) is 1. The molecule has 134 valence electrons. The molecule has 1 atom stereocenters. The Hall–Kier alpha value is -2.15. The topological polar surface area (TPSA) is 82.5 Å². The van der Waals surface area contributed by atoms with E-state index in [4.69, 9.17) is 0 Å². The van der Waals surface area contributed by atoms with E-state index in [-0.39, 0.29) is 18.0 Å². The summed E-state index contributed by atoms with van der Waals surface area (Å²) >= 11 is 1.63. The fourth-order valence-electron chi connectivity index (χ4n) is 2.83. The third-order valence-electron chi connectivity index (χ3n) is 4.56. The quantitative estimate of drug-likeness (QED) is 0.849. The molecule has 3 rings (SSSR count). The van der Waals surface area contributed by atoms with Crippen LogP contribution in [0.5, 0.6) is 0 Å². The lowest BCUT2D eigenvalue weighted by Gasteiger charge is -2.20. The summed E-state index contributed by atoms with van der Waals surface area (Å²) in [4.78, 5) is 30.0. The van der Waals surface area contributed by atoms with Gasteiger partial charge >= 0.3 is 12.0 Å². The number of anilines is 1. The number of urea groups is 1. The fourth-order valence-corrected chi connectivity index (χ4v) is 3.90. The first-order chi connectivity index (χ1) is 11.6. The number of fused-ring (bicyclic) bond motifs is 1. The van der Waals surface area contributed by atoms with E-state index >= 15 is 0 Å². The van der Waals surface area contributed by atoms with Gasteiger partial charge in [-0.15, -0.1) is 11.3 Å². The third kappa shape index (κ3) is 3.46. The lowest BCUT2D eigenvalue weighted by molar-refractivity contribution is -0.146. The molecule has 1 saturated heterocycles. The van der Waals surface area contributed by atoms with Crippen molar-refractivity contribution in [2.24, 2.45) is 5.41 Å². The Labute approximate surface area is 150 Å². The van der Waals surface area contributed by atoms with Crippen LogP contribution in [0.2, 0.25) is 0 Å². The van der Waals surface area contributed by atoms with Crippen LogP contribution >= 0.6 is 11.3 Å². The molecule has 2 aromatic rings. The van der Waals surface area contributed by atoms with E-state index in [2.05, 4.69) is 31.1 Å². The fraction of sp³-hybridized carbons (Fsp3) is 0.500. The number of nitrogens with zero attached hydrogens (tertiary/aromatic N) is 2. The lowest BCUT2D eigenvalue weighted by atomic mass is 9.90. The van der Waals surface area contributed by atoms with Crippen molar-refractivity contribution in [1.29, 1.82) is 0 Å². The monoisotopic (exact) mass is 361 g/mol. The molecule has 1 aromatic heterocycles. The minimum atomic E-state index is -0.861. The maximum absolute atomic E-state index is 12.4. The summed E-state index contributed by atoms with van der Waals surface area (Å²) in [5.41, 5.74) is 0.753. The van der Waals surface area contributed by atoms with Crippen LogP contribution in [-0.4, -0.2) is 40.1 Å². The Balaban J connectivity index is 1.75. The van der Waals surface area contributed by atoms with Gasteiger partial charge in [-0.1, -0.05) is 20.8 Å². The van der Waals surface area contributed by atoms with Gasteiger partial charge in [-0.3, -0.25) is 4.79 Å². The third-order valence-corrected chi connectivity index (χ3v) is 6.00. The van der Waals surface area contributed by atoms with Crippen LogP contribution in [-0.2, 0) is 10.2 Å². The van der Waals surface area contributed by atoms with E-state index in [1.54, 1.807) is 23.2 Å². The van der Waals surface area contributed by atoms with E-state index in [9.17, 15) is 14.7 Å². The number of aromatic nitrogens is 1. The molecule has 1 aromatic carbocycles. The molecular weight excluding hydrogens is 338 g/mol. The van der Waals surface area contributed by atoms with Gasteiger partial charge < -0.3 is 15.3 Å². The van der Waals surface area contributed by atoms with Crippen LogP contribution in [0.25, 0.3) is 10.2 Å². The second-order valence-corrected chi connectivity index (χ2v) is 8.95. The van der Waals surface area contributed by atoms with Gasteiger partial charge in [-0.2, -0.15) is 0 Å². The van der Waals surface area contributed by atoms with E-state index in [0.717, 1.165) is 15.2 Å². The van der Waals surface area contributed by atoms with Gasteiger partial charge in [0.2, 0.25) is 0 Å². The van der Waals surface area contributed by atoms with Crippen LogP contribution in [0.3, 0.4) is 0 Å². The highest BCUT2D eigenvalue weighted by Crippen LogP contribution is 2.33. The first-order valence-electron chi connectivity index (χ1n) is 8.29. The Bertz CT molecular complexity index is 840. The Kier molecular flexibility index (Phi) is 4.23.